The van der Waals surface area contributed by atoms with Crippen LogP contribution >= 0.6 is 35.8 Å². The zero-order valence-electron chi connectivity index (χ0n) is 8.41. The summed E-state index contributed by atoms with van der Waals surface area (Å²) in [6.45, 7) is 2.22. The van der Waals surface area contributed by atoms with Gasteiger partial charge in [-0.2, -0.15) is 11.8 Å². The molecule has 2 rings (SSSR count). The maximum atomic E-state index is 6.18. The highest BCUT2D eigenvalue weighted by Crippen LogP contribution is 2.36. The molecule has 1 aliphatic heterocycles. The van der Waals surface area contributed by atoms with Crippen LogP contribution < -0.4 is 5.32 Å². The maximum absolute atomic E-state index is 6.18. The third kappa shape index (κ3) is 3.56. The van der Waals surface area contributed by atoms with E-state index in [1.54, 1.807) is 0 Å². The van der Waals surface area contributed by atoms with Crippen LogP contribution in [0.5, 0.6) is 0 Å². The summed E-state index contributed by atoms with van der Waals surface area (Å²) in [7, 11) is 0. The summed E-state index contributed by atoms with van der Waals surface area (Å²) in [6.07, 6.45) is 1.18. The van der Waals surface area contributed by atoms with E-state index in [4.69, 9.17) is 11.6 Å². The fraction of sp³-hybridized carbons (Fsp3) is 0.455. The number of halogens is 2. The van der Waals surface area contributed by atoms with Crippen LogP contribution in [0.15, 0.2) is 24.3 Å². The van der Waals surface area contributed by atoms with Crippen molar-refractivity contribution < 1.29 is 0 Å². The Kier molecular flexibility index (Phi) is 5.83. The summed E-state index contributed by atoms with van der Waals surface area (Å²) in [5, 5.41) is 4.88. The summed E-state index contributed by atoms with van der Waals surface area (Å²) in [5.74, 6) is 1.18. The molecule has 1 saturated heterocycles. The van der Waals surface area contributed by atoms with Crippen molar-refractivity contribution in [3.8, 4) is 0 Å². The number of hydrogen-bond donors (Lipinski definition) is 1. The second-order valence-electron chi connectivity index (χ2n) is 3.42. The largest absolute Gasteiger partial charge is 0.316 e. The number of thioether (sulfide) groups is 1. The van der Waals surface area contributed by atoms with Gasteiger partial charge in [0, 0.05) is 22.6 Å². The summed E-state index contributed by atoms with van der Waals surface area (Å²) < 4.78 is 0. The van der Waals surface area contributed by atoms with Crippen LogP contribution in [0.1, 0.15) is 17.2 Å². The zero-order valence-corrected chi connectivity index (χ0v) is 10.8. The average Bonchev–Trinajstić information content (AvgIpc) is 2.47. The molecule has 0 aliphatic carbocycles. The fourth-order valence-electron chi connectivity index (χ4n) is 1.70. The van der Waals surface area contributed by atoms with Crippen LogP contribution in [0.2, 0.25) is 5.02 Å². The van der Waals surface area contributed by atoms with Gasteiger partial charge >= 0.3 is 0 Å². The summed E-state index contributed by atoms with van der Waals surface area (Å²) >= 11 is 8.18. The molecule has 0 bridgehead atoms. The maximum Gasteiger partial charge on any atom is 0.0449 e. The Hall–Kier alpha value is 0.110. The standard InChI is InChI=1S/C11H14ClNS.ClH/c12-10-4-2-1-3-9(10)11-5-6-13-7-8-14-11;/h1-4,11,13H,5-8H2;1H. The molecule has 1 aromatic rings. The van der Waals surface area contributed by atoms with E-state index in [2.05, 4.69) is 17.4 Å². The van der Waals surface area contributed by atoms with Crippen molar-refractivity contribution in [3.05, 3.63) is 34.9 Å². The second-order valence-corrected chi connectivity index (χ2v) is 5.14. The van der Waals surface area contributed by atoms with E-state index in [9.17, 15) is 0 Å². The fourth-order valence-corrected chi connectivity index (χ4v) is 3.24. The molecule has 0 saturated carbocycles. The Bertz CT molecular complexity index is 298. The summed E-state index contributed by atoms with van der Waals surface area (Å²) in [4.78, 5) is 0. The van der Waals surface area contributed by atoms with Gasteiger partial charge in [0.15, 0.2) is 0 Å². The van der Waals surface area contributed by atoms with Gasteiger partial charge in [-0.15, -0.1) is 12.4 Å². The quantitative estimate of drug-likeness (QED) is 0.832. The second kappa shape index (κ2) is 6.64. The minimum atomic E-state index is 0. The Morgan fingerprint density at radius 1 is 1.27 bits per heavy atom. The molecule has 1 aromatic carbocycles. The van der Waals surface area contributed by atoms with Crippen molar-refractivity contribution in [1.82, 2.24) is 5.32 Å². The van der Waals surface area contributed by atoms with Gasteiger partial charge in [0.25, 0.3) is 0 Å². The molecule has 1 fully saturated rings. The van der Waals surface area contributed by atoms with Crippen LogP contribution in [-0.2, 0) is 0 Å². The van der Waals surface area contributed by atoms with Gasteiger partial charge in [0.1, 0.15) is 0 Å². The molecule has 0 radical (unpaired) electrons. The Morgan fingerprint density at radius 2 is 2.07 bits per heavy atom. The molecule has 4 heteroatoms. The predicted octanol–water partition coefficient (Wildman–Crippen LogP) is 3.53. The molecule has 0 amide bonds. The lowest BCUT2D eigenvalue weighted by molar-refractivity contribution is 0.687. The lowest BCUT2D eigenvalue weighted by Crippen LogP contribution is -2.15. The molecular weight excluding hydrogens is 249 g/mol. The van der Waals surface area contributed by atoms with E-state index in [0.717, 1.165) is 18.1 Å². The van der Waals surface area contributed by atoms with Gasteiger partial charge in [-0.25, -0.2) is 0 Å². The Labute approximate surface area is 106 Å². The SMILES string of the molecule is Cl.Clc1ccccc1C1CCNCCS1. The van der Waals surface area contributed by atoms with Crippen LogP contribution in [0.25, 0.3) is 0 Å². The summed E-state index contributed by atoms with van der Waals surface area (Å²) in [5.41, 5.74) is 1.29. The van der Waals surface area contributed by atoms with E-state index in [1.165, 1.54) is 17.7 Å². The van der Waals surface area contributed by atoms with Crippen molar-refractivity contribution in [2.75, 3.05) is 18.8 Å². The van der Waals surface area contributed by atoms with Crippen molar-refractivity contribution in [1.29, 1.82) is 0 Å². The molecule has 1 heterocycles. The number of hydrogen-bond acceptors (Lipinski definition) is 2. The van der Waals surface area contributed by atoms with Gasteiger partial charge < -0.3 is 5.32 Å². The first kappa shape index (κ1) is 13.2. The number of nitrogens with one attached hydrogen (secondary N) is 1. The molecule has 84 valence electrons. The molecule has 0 spiro atoms. The third-order valence-corrected chi connectivity index (χ3v) is 4.11. The molecule has 1 atom stereocenters. The van der Waals surface area contributed by atoms with Crippen molar-refractivity contribution in [2.45, 2.75) is 11.7 Å². The number of benzene rings is 1. The van der Waals surface area contributed by atoms with E-state index in [1.807, 2.05) is 23.9 Å². The van der Waals surface area contributed by atoms with Gasteiger partial charge in [0.05, 0.1) is 0 Å². The van der Waals surface area contributed by atoms with Gasteiger partial charge in [-0.05, 0) is 24.6 Å². The normalized spacial score (nSPS) is 21.5. The first-order valence-electron chi connectivity index (χ1n) is 4.94. The van der Waals surface area contributed by atoms with E-state index < -0.39 is 0 Å². The predicted molar refractivity (Wildman–Crippen MR) is 71.4 cm³/mol. The highest BCUT2D eigenvalue weighted by atomic mass is 35.5. The highest BCUT2D eigenvalue weighted by molar-refractivity contribution is 7.99. The zero-order chi connectivity index (χ0) is 9.80. The summed E-state index contributed by atoms with van der Waals surface area (Å²) in [6, 6.07) is 8.19. The lowest BCUT2D eigenvalue weighted by Gasteiger charge is -2.14. The smallest absolute Gasteiger partial charge is 0.0449 e. The minimum Gasteiger partial charge on any atom is -0.316 e. The minimum absolute atomic E-state index is 0. The van der Waals surface area contributed by atoms with E-state index in [-0.39, 0.29) is 12.4 Å². The van der Waals surface area contributed by atoms with Crippen LogP contribution in [-0.4, -0.2) is 18.8 Å². The molecule has 1 unspecified atom stereocenters. The van der Waals surface area contributed by atoms with E-state index in [0.29, 0.717) is 5.25 Å². The molecule has 15 heavy (non-hydrogen) atoms. The van der Waals surface area contributed by atoms with Crippen molar-refractivity contribution in [3.63, 3.8) is 0 Å². The Morgan fingerprint density at radius 3 is 2.87 bits per heavy atom. The van der Waals surface area contributed by atoms with Gasteiger partial charge in [0.2, 0.25) is 0 Å². The average molecular weight is 264 g/mol. The molecular formula is C11H15Cl2NS. The van der Waals surface area contributed by atoms with Crippen molar-refractivity contribution >= 4 is 35.8 Å². The monoisotopic (exact) mass is 263 g/mol. The van der Waals surface area contributed by atoms with E-state index >= 15 is 0 Å². The van der Waals surface area contributed by atoms with Gasteiger partial charge in [-0.3, -0.25) is 0 Å². The van der Waals surface area contributed by atoms with Crippen LogP contribution in [0.4, 0.5) is 0 Å². The first-order chi connectivity index (χ1) is 6.88. The lowest BCUT2D eigenvalue weighted by atomic mass is 10.1. The molecule has 1 nitrogen and oxygen atoms in total. The topological polar surface area (TPSA) is 12.0 Å². The molecule has 1 N–H and O–H groups in total. The first-order valence-corrected chi connectivity index (χ1v) is 6.37. The molecule has 0 aromatic heterocycles. The van der Waals surface area contributed by atoms with Crippen LogP contribution in [0, 0.1) is 0 Å². The highest BCUT2D eigenvalue weighted by Gasteiger charge is 2.16. The number of rotatable bonds is 1. The Balaban J connectivity index is 0.00000112. The van der Waals surface area contributed by atoms with Crippen molar-refractivity contribution in [2.24, 2.45) is 0 Å². The third-order valence-electron chi connectivity index (χ3n) is 2.43. The van der Waals surface area contributed by atoms with Crippen LogP contribution in [0.3, 0.4) is 0 Å². The van der Waals surface area contributed by atoms with Gasteiger partial charge in [-0.1, -0.05) is 29.8 Å². The molecule has 1 aliphatic rings.